The highest BCUT2D eigenvalue weighted by atomic mass is 15.0. The van der Waals surface area contributed by atoms with Crippen molar-refractivity contribution in [1.29, 1.82) is 0 Å². The molecule has 0 amide bonds. The lowest BCUT2D eigenvalue weighted by atomic mass is 9.82. The molecule has 0 saturated heterocycles. The summed E-state index contributed by atoms with van der Waals surface area (Å²) in [5.41, 5.74) is 26.2. The van der Waals surface area contributed by atoms with Crippen LogP contribution in [0.25, 0.3) is 133 Å². The van der Waals surface area contributed by atoms with Gasteiger partial charge in [-0.1, -0.05) is 191 Å². The maximum atomic E-state index is 5.25. The van der Waals surface area contributed by atoms with Crippen molar-refractivity contribution >= 4 is 54.5 Å². The minimum Gasteiger partial charge on any atom is -0.309 e. The topological polar surface area (TPSA) is 35.6 Å². The minimum atomic E-state index is -0.131. The van der Waals surface area contributed by atoms with E-state index in [1.807, 2.05) is 18.2 Å². The van der Waals surface area contributed by atoms with Gasteiger partial charge in [-0.15, -0.1) is 0 Å². The predicted molar refractivity (Wildman–Crippen MR) is 325 cm³/mol. The molecule has 0 spiro atoms. The first-order chi connectivity index (χ1) is 38.2. The molecule has 0 saturated carbocycles. The molecule has 78 heavy (non-hydrogen) atoms. The zero-order valence-electron chi connectivity index (χ0n) is 43.9. The maximum Gasteiger partial charge on any atom is 0.160 e. The summed E-state index contributed by atoms with van der Waals surface area (Å²) in [4.78, 5) is 10.3. The van der Waals surface area contributed by atoms with E-state index in [-0.39, 0.29) is 10.8 Å². The quantitative estimate of drug-likeness (QED) is 0.166. The molecule has 3 heterocycles. The van der Waals surface area contributed by atoms with Crippen molar-refractivity contribution in [3.63, 3.8) is 0 Å². The highest BCUT2D eigenvalue weighted by Gasteiger charge is 2.37. The zero-order valence-corrected chi connectivity index (χ0v) is 43.9. The Morgan fingerprint density at radius 3 is 1.31 bits per heavy atom. The summed E-state index contributed by atoms with van der Waals surface area (Å²) in [5.74, 6) is 0.721. The Balaban J connectivity index is 0.862. The number of rotatable bonds is 6. The lowest BCUT2D eigenvalue weighted by molar-refractivity contribution is 0.660. The number of aromatic nitrogens is 4. The molecule has 14 aromatic rings. The summed E-state index contributed by atoms with van der Waals surface area (Å²) in [6.07, 6.45) is 0. The normalized spacial score (nSPS) is 13.8. The van der Waals surface area contributed by atoms with Crippen molar-refractivity contribution < 1.29 is 0 Å². The molecular formula is C74H52N4. The lowest BCUT2D eigenvalue weighted by Gasteiger charge is -2.22. The van der Waals surface area contributed by atoms with E-state index >= 15 is 0 Å². The Bertz CT molecular complexity index is 4850. The van der Waals surface area contributed by atoms with Crippen molar-refractivity contribution in [2.24, 2.45) is 0 Å². The number of hydrogen-bond donors (Lipinski definition) is 0. The Hall–Kier alpha value is -9.64. The smallest absolute Gasteiger partial charge is 0.160 e. The van der Waals surface area contributed by atoms with Crippen molar-refractivity contribution in [2.75, 3.05) is 0 Å². The number of benzene rings is 11. The van der Waals surface area contributed by atoms with Crippen LogP contribution in [-0.2, 0) is 10.8 Å². The highest BCUT2D eigenvalue weighted by molar-refractivity contribution is 6.14. The van der Waals surface area contributed by atoms with Crippen LogP contribution in [-0.4, -0.2) is 19.1 Å². The third-order valence-electron chi connectivity index (χ3n) is 17.5. The standard InChI is InChI=1S/C74H52N4/c1-73(2)62-25-12-8-21-53(62)55-34-32-51(43-64(55)73)77-67-28-15-11-23-57(67)59-40-48(30-36-68(59)77)49-31-38-70-61(42-49)60-41-47(29-37-69(60)78(70)52-33-35-56-54-22-9-13-26-63(54)74(3,4)65(56)44-52)46-19-16-20-50(39-46)71-58-24-10-14-27-66(58)75-72(76-71)45-17-6-5-7-18-45/h5-44H,1-4H3. The summed E-state index contributed by atoms with van der Waals surface area (Å²) >= 11 is 0. The van der Waals surface area contributed by atoms with Gasteiger partial charge in [0.15, 0.2) is 5.82 Å². The van der Waals surface area contributed by atoms with E-state index in [1.165, 1.54) is 105 Å². The first-order valence-electron chi connectivity index (χ1n) is 27.2. The van der Waals surface area contributed by atoms with Gasteiger partial charge in [0.05, 0.1) is 33.3 Å². The fraction of sp³-hybridized carbons (Fsp3) is 0.0811. The Morgan fingerprint density at radius 2 is 0.718 bits per heavy atom. The van der Waals surface area contributed by atoms with Crippen LogP contribution >= 0.6 is 0 Å². The van der Waals surface area contributed by atoms with Crippen LogP contribution in [0.4, 0.5) is 0 Å². The van der Waals surface area contributed by atoms with Gasteiger partial charge in [0, 0.05) is 60.3 Å². The second kappa shape index (κ2) is 16.4. The monoisotopic (exact) mass is 996 g/mol. The Labute approximate surface area is 453 Å². The molecule has 0 aliphatic heterocycles. The maximum absolute atomic E-state index is 5.25. The first-order valence-corrected chi connectivity index (χ1v) is 27.2. The molecule has 368 valence electrons. The SMILES string of the molecule is CC1(C)c2ccccc2-c2ccc(-n3c4ccccc4c4cc(-c5ccc6c(c5)c5cc(-c7cccc(-c8nc(-c9ccccc9)nc9ccccc89)c7)ccc5n6-c5ccc6c(c5)C(C)(C)c5ccccc5-6)ccc43)cc21. The average molecular weight is 997 g/mol. The molecule has 0 atom stereocenters. The molecule has 0 radical (unpaired) electrons. The van der Waals surface area contributed by atoms with Crippen molar-refractivity contribution in [3.05, 3.63) is 265 Å². The molecule has 2 aliphatic carbocycles. The van der Waals surface area contributed by atoms with Gasteiger partial charge in [-0.3, -0.25) is 0 Å². The fourth-order valence-corrected chi connectivity index (χ4v) is 13.6. The zero-order chi connectivity index (χ0) is 52.0. The third-order valence-corrected chi connectivity index (χ3v) is 17.5. The summed E-state index contributed by atoms with van der Waals surface area (Å²) < 4.78 is 4.95. The van der Waals surface area contributed by atoms with E-state index in [1.54, 1.807) is 0 Å². The van der Waals surface area contributed by atoms with Gasteiger partial charge in [-0.25, -0.2) is 9.97 Å². The molecule has 0 fully saturated rings. The van der Waals surface area contributed by atoms with Crippen molar-refractivity contribution in [2.45, 2.75) is 38.5 Å². The van der Waals surface area contributed by atoms with E-state index in [2.05, 4.69) is 261 Å². The van der Waals surface area contributed by atoms with Crippen LogP contribution in [0.2, 0.25) is 0 Å². The molecular weight excluding hydrogens is 945 g/mol. The van der Waals surface area contributed by atoms with Crippen LogP contribution in [0.1, 0.15) is 49.9 Å². The van der Waals surface area contributed by atoms with Gasteiger partial charge in [-0.2, -0.15) is 0 Å². The summed E-state index contributed by atoms with van der Waals surface area (Å²) in [6, 6.07) is 89.6. The summed E-state index contributed by atoms with van der Waals surface area (Å²) in [6.45, 7) is 9.46. The second-order valence-electron chi connectivity index (χ2n) is 22.5. The van der Waals surface area contributed by atoms with Gasteiger partial charge in [0.25, 0.3) is 0 Å². The number of nitrogens with zero attached hydrogens (tertiary/aromatic N) is 4. The van der Waals surface area contributed by atoms with E-state index in [9.17, 15) is 0 Å². The van der Waals surface area contributed by atoms with E-state index in [4.69, 9.17) is 9.97 Å². The highest BCUT2D eigenvalue weighted by Crippen LogP contribution is 2.51. The molecule has 0 unspecified atom stereocenters. The van der Waals surface area contributed by atoms with Crippen LogP contribution in [0, 0.1) is 0 Å². The van der Waals surface area contributed by atoms with E-state index in [0.29, 0.717) is 0 Å². The molecule has 3 aromatic heterocycles. The molecule has 11 aromatic carbocycles. The summed E-state index contributed by atoms with van der Waals surface area (Å²) in [5, 5.41) is 5.93. The van der Waals surface area contributed by atoms with Crippen molar-refractivity contribution in [1.82, 2.24) is 19.1 Å². The largest absolute Gasteiger partial charge is 0.309 e. The minimum absolute atomic E-state index is 0.0937. The van der Waals surface area contributed by atoms with Crippen LogP contribution in [0.15, 0.2) is 243 Å². The number of para-hydroxylation sites is 2. The van der Waals surface area contributed by atoms with Crippen LogP contribution in [0.3, 0.4) is 0 Å². The van der Waals surface area contributed by atoms with Crippen LogP contribution < -0.4 is 0 Å². The third kappa shape index (κ3) is 6.47. The molecule has 16 rings (SSSR count). The van der Waals surface area contributed by atoms with Crippen molar-refractivity contribution in [3.8, 4) is 78.5 Å². The Kier molecular flexibility index (Phi) is 9.40. The fourth-order valence-electron chi connectivity index (χ4n) is 13.6. The molecule has 2 aliphatic rings. The molecule has 4 nitrogen and oxygen atoms in total. The van der Waals surface area contributed by atoms with E-state index < -0.39 is 0 Å². The number of hydrogen-bond acceptors (Lipinski definition) is 2. The van der Waals surface area contributed by atoms with Crippen LogP contribution in [0.5, 0.6) is 0 Å². The van der Waals surface area contributed by atoms with Gasteiger partial charge in [0.2, 0.25) is 0 Å². The number of fused-ring (bicyclic) bond motifs is 13. The van der Waals surface area contributed by atoms with Gasteiger partial charge in [-0.05, 0) is 146 Å². The predicted octanol–water partition coefficient (Wildman–Crippen LogP) is 19.1. The Morgan fingerprint density at radius 1 is 0.282 bits per heavy atom. The summed E-state index contributed by atoms with van der Waals surface area (Å²) in [7, 11) is 0. The van der Waals surface area contributed by atoms with Gasteiger partial charge >= 0.3 is 0 Å². The lowest BCUT2D eigenvalue weighted by Crippen LogP contribution is -2.15. The average Bonchev–Trinajstić information content (AvgIpc) is 4.27. The molecule has 0 bridgehead atoms. The first kappa shape index (κ1) is 44.6. The van der Waals surface area contributed by atoms with E-state index in [0.717, 1.165) is 50.4 Å². The van der Waals surface area contributed by atoms with Gasteiger partial charge < -0.3 is 9.13 Å². The molecule has 0 N–H and O–H groups in total. The molecule has 4 heteroatoms. The second-order valence-corrected chi connectivity index (χ2v) is 22.5. The van der Waals surface area contributed by atoms with Gasteiger partial charge in [0.1, 0.15) is 0 Å².